The van der Waals surface area contributed by atoms with Crippen molar-refractivity contribution in [2.24, 2.45) is 5.41 Å². The Morgan fingerprint density at radius 1 is 1.48 bits per heavy atom. The fraction of sp³-hybridized carbons (Fsp3) is 0.462. The van der Waals surface area contributed by atoms with Crippen molar-refractivity contribution in [1.29, 1.82) is 0 Å². The molecule has 2 N–H and O–H groups in total. The van der Waals surface area contributed by atoms with Gasteiger partial charge in [0.15, 0.2) is 0 Å². The van der Waals surface area contributed by atoms with Crippen molar-refractivity contribution in [2.45, 2.75) is 12.8 Å². The Kier molecular flexibility index (Phi) is 4.64. The van der Waals surface area contributed by atoms with Gasteiger partial charge in [-0.3, -0.25) is 14.9 Å². The van der Waals surface area contributed by atoms with Crippen molar-refractivity contribution in [3.63, 3.8) is 0 Å². The number of anilines is 1. The molecule has 2 rings (SSSR count). The summed E-state index contributed by atoms with van der Waals surface area (Å²) in [6.07, 6.45) is 0.730. The van der Waals surface area contributed by atoms with Crippen LogP contribution in [0.15, 0.2) is 18.2 Å². The Morgan fingerprint density at radius 3 is 2.71 bits per heavy atom. The second-order valence-corrected chi connectivity index (χ2v) is 5.35. The van der Waals surface area contributed by atoms with E-state index in [9.17, 15) is 20.0 Å². The zero-order chi connectivity index (χ0) is 15.5. The lowest BCUT2D eigenvalue weighted by Gasteiger charge is -2.33. The molecular formula is C13H15ClN2O5. The maximum atomic E-state index is 11.5. The summed E-state index contributed by atoms with van der Waals surface area (Å²) < 4.78 is 5.19. The molecule has 0 unspecified atom stereocenters. The van der Waals surface area contributed by atoms with E-state index in [0.717, 1.165) is 0 Å². The van der Waals surface area contributed by atoms with Crippen LogP contribution < -0.4 is 5.32 Å². The molecule has 1 fully saturated rings. The molecule has 1 aliphatic heterocycles. The number of aliphatic carboxylic acids is 1. The maximum absolute atomic E-state index is 11.5. The first kappa shape index (κ1) is 15.5. The summed E-state index contributed by atoms with van der Waals surface area (Å²) in [5, 5.41) is 23.4. The molecule has 114 valence electrons. The SMILES string of the molecule is O=C(O)C1(CNc2cccc(Cl)c2[N+](=O)[O-])CCOCC1. The average Bonchev–Trinajstić information content (AvgIpc) is 2.45. The van der Waals surface area contributed by atoms with E-state index < -0.39 is 16.3 Å². The summed E-state index contributed by atoms with van der Waals surface area (Å²) in [5.41, 5.74) is -1.000. The molecule has 1 aromatic rings. The lowest BCUT2D eigenvalue weighted by atomic mass is 9.80. The molecule has 1 aliphatic rings. The summed E-state index contributed by atoms with van der Waals surface area (Å²) in [7, 11) is 0. The van der Waals surface area contributed by atoms with Gasteiger partial charge in [0.2, 0.25) is 0 Å². The van der Waals surface area contributed by atoms with Crippen LogP contribution >= 0.6 is 11.6 Å². The molecule has 0 spiro atoms. The standard InChI is InChI=1S/C13H15ClN2O5/c14-9-2-1-3-10(11(9)16(19)20)15-8-13(12(17)18)4-6-21-7-5-13/h1-3,15H,4-8H2,(H,17,18). The van der Waals surface area contributed by atoms with Crippen LogP contribution in [0, 0.1) is 15.5 Å². The Hall–Kier alpha value is -1.86. The number of halogens is 1. The number of ether oxygens (including phenoxy) is 1. The van der Waals surface area contributed by atoms with E-state index in [4.69, 9.17) is 16.3 Å². The third kappa shape index (κ3) is 3.25. The van der Waals surface area contributed by atoms with E-state index in [-0.39, 0.29) is 22.9 Å². The second kappa shape index (κ2) is 6.28. The van der Waals surface area contributed by atoms with Crippen molar-refractivity contribution < 1.29 is 19.6 Å². The van der Waals surface area contributed by atoms with E-state index in [0.29, 0.717) is 26.1 Å². The van der Waals surface area contributed by atoms with Gasteiger partial charge >= 0.3 is 11.7 Å². The van der Waals surface area contributed by atoms with Gasteiger partial charge in [-0.15, -0.1) is 0 Å². The van der Waals surface area contributed by atoms with Crippen molar-refractivity contribution >= 4 is 28.9 Å². The van der Waals surface area contributed by atoms with Crippen molar-refractivity contribution in [1.82, 2.24) is 0 Å². The quantitative estimate of drug-likeness (QED) is 0.639. The van der Waals surface area contributed by atoms with Crippen LogP contribution in [0.4, 0.5) is 11.4 Å². The normalized spacial score (nSPS) is 17.2. The van der Waals surface area contributed by atoms with Gasteiger partial charge in [-0.1, -0.05) is 17.7 Å². The van der Waals surface area contributed by atoms with Gasteiger partial charge in [-0.2, -0.15) is 0 Å². The van der Waals surface area contributed by atoms with Crippen molar-refractivity contribution in [3.8, 4) is 0 Å². The molecule has 8 heteroatoms. The number of rotatable bonds is 5. The number of carboxylic acids is 1. The third-order valence-corrected chi connectivity index (χ3v) is 4.00. The highest BCUT2D eigenvalue weighted by atomic mass is 35.5. The predicted octanol–water partition coefficient (Wildman–Crippen LogP) is 2.54. The smallest absolute Gasteiger partial charge is 0.311 e. The summed E-state index contributed by atoms with van der Waals surface area (Å²) >= 11 is 5.83. The number of carboxylic acid groups (broad SMARTS) is 1. The van der Waals surface area contributed by atoms with E-state index in [1.165, 1.54) is 12.1 Å². The second-order valence-electron chi connectivity index (χ2n) is 4.94. The first-order valence-electron chi connectivity index (χ1n) is 6.44. The fourth-order valence-electron chi connectivity index (χ4n) is 2.34. The van der Waals surface area contributed by atoms with E-state index in [1.807, 2.05) is 0 Å². The number of nitro groups is 1. The van der Waals surface area contributed by atoms with Crippen LogP contribution in [0.1, 0.15) is 12.8 Å². The lowest BCUT2D eigenvalue weighted by molar-refractivity contribution is -0.383. The summed E-state index contributed by atoms with van der Waals surface area (Å²) in [5.74, 6) is -0.928. The predicted molar refractivity (Wildman–Crippen MR) is 76.7 cm³/mol. The third-order valence-electron chi connectivity index (χ3n) is 3.69. The topological polar surface area (TPSA) is 102 Å². The lowest BCUT2D eigenvalue weighted by Crippen LogP contribution is -2.42. The van der Waals surface area contributed by atoms with E-state index in [1.54, 1.807) is 6.07 Å². The summed E-state index contributed by atoms with van der Waals surface area (Å²) in [4.78, 5) is 22.0. The van der Waals surface area contributed by atoms with Gasteiger partial charge in [0.1, 0.15) is 10.7 Å². The highest BCUT2D eigenvalue weighted by Gasteiger charge is 2.40. The minimum atomic E-state index is -0.978. The van der Waals surface area contributed by atoms with Gasteiger partial charge in [0, 0.05) is 19.8 Å². The van der Waals surface area contributed by atoms with Gasteiger partial charge in [-0.25, -0.2) is 0 Å². The number of nitro benzene ring substituents is 1. The summed E-state index contributed by atoms with van der Waals surface area (Å²) in [6, 6.07) is 4.51. The highest BCUT2D eigenvalue weighted by molar-refractivity contribution is 6.33. The molecule has 21 heavy (non-hydrogen) atoms. The van der Waals surface area contributed by atoms with Crippen molar-refractivity contribution in [2.75, 3.05) is 25.1 Å². The van der Waals surface area contributed by atoms with Crippen LogP contribution in [0.5, 0.6) is 0 Å². The Morgan fingerprint density at radius 2 is 2.14 bits per heavy atom. The number of para-hydroxylation sites is 1. The van der Waals surface area contributed by atoms with Gasteiger partial charge in [0.05, 0.1) is 10.3 Å². The number of hydrogen-bond donors (Lipinski definition) is 2. The first-order chi connectivity index (χ1) is 9.96. The molecule has 7 nitrogen and oxygen atoms in total. The molecule has 1 heterocycles. The number of nitrogens with one attached hydrogen (secondary N) is 1. The van der Waals surface area contributed by atoms with Crippen LogP contribution in [0.2, 0.25) is 5.02 Å². The molecule has 0 amide bonds. The molecule has 0 aliphatic carbocycles. The Balaban J connectivity index is 2.20. The minimum absolute atomic E-state index is 0.0151. The zero-order valence-electron chi connectivity index (χ0n) is 11.2. The first-order valence-corrected chi connectivity index (χ1v) is 6.82. The monoisotopic (exact) mass is 314 g/mol. The van der Waals surface area contributed by atoms with Gasteiger partial charge in [-0.05, 0) is 25.0 Å². The fourth-order valence-corrected chi connectivity index (χ4v) is 2.58. The maximum Gasteiger partial charge on any atom is 0.311 e. The number of benzene rings is 1. The largest absolute Gasteiger partial charge is 0.481 e. The zero-order valence-corrected chi connectivity index (χ0v) is 11.9. The molecule has 0 radical (unpaired) electrons. The molecule has 1 saturated heterocycles. The van der Waals surface area contributed by atoms with Gasteiger partial charge in [0.25, 0.3) is 0 Å². The van der Waals surface area contributed by atoms with Crippen LogP contribution in [-0.4, -0.2) is 35.8 Å². The Bertz CT molecular complexity index is 557. The van der Waals surface area contributed by atoms with Crippen LogP contribution in [-0.2, 0) is 9.53 Å². The van der Waals surface area contributed by atoms with Gasteiger partial charge < -0.3 is 15.2 Å². The molecule has 0 bridgehead atoms. The summed E-state index contributed by atoms with van der Waals surface area (Å²) in [6.45, 7) is 0.824. The van der Waals surface area contributed by atoms with Crippen LogP contribution in [0.3, 0.4) is 0 Å². The molecule has 0 atom stereocenters. The molecule has 0 aromatic heterocycles. The Labute approximate surface area is 126 Å². The number of nitrogens with zero attached hydrogens (tertiary/aromatic N) is 1. The van der Waals surface area contributed by atoms with E-state index >= 15 is 0 Å². The number of hydrogen-bond acceptors (Lipinski definition) is 5. The minimum Gasteiger partial charge on any atom is -0.481 e. The highest BCUT2D eigenvalue weighted by Crippen LogP contribution is 2.35. The molecule has 0 saturated carbocycles. The van der Waals surface area contributed by atoms with E-state index in [2.05, 4.69) is 5.32 Å². The van der Waals surface area contributed by atoms with Crippen LogP contribution in [0.25, 0.3) is 0 Å². The molecule has 1 aromatic carbocycles. The number of carbonyl (C=O) groups is 1. The molecular weight excluding hydrogens is 300 g/mol. The average molecular weight is 315 g/mol. The van der Waals surface area contributed by atoms with Crippen molar-refractivity contribution in [3.05, 3.63) is 33.3 Å².